The molecule has 0 saturated heterocycles. The van der Waals surface area contributed by atoms with Crippen LogP contribution in [0.1, 0.15) is 11.4 Å². The molecule has 6 nitrogen and oxygen atoms in total. The summed E-state index contributed by atoms with van der Waals surface area (Å²) in [6.45, 7) is 2.08. The number of pyridine rings is 1. The number of nitrogens with two attached hydrogens (primary N) is 1. The van der Waals surface area contributed by atoms with Crippen molar-refractivity contribution in [3.8, 4) is 11.5 Å². The molecule has 1 heterocycles. The van der Waals surface area contributed by atoms with Gasteiger partial charge in [0.15, 0.2) is 6.61 Å². The number of aromatic hydroxyl groups is 1. The number of ether oxygens (including phenoxy) is 1. The third-order valence-electron chi connectivity index (χ3n) is 2.76. The Morgan fingerprint density at radius 3 is 2.95 bits per heavy atom. The molecule has 0 spiro atoms. The predicted octanol–water partition coefficient (Wildman–Crippen LogP) is 1.57. The van der Waals surface area contributed by atoms with E-state index in [0.717, 1.165) is 11.4 Å². The molecule has 0 aliphatic rings. The number of nitrogens with zero attached hydrogens (tertiary/aromatic N) is 1. The second-order valence-corrected chi connectivity index (χ2v) is 4.55. The maximum atomic E-state index is 10.7. The average Bonchev–Trinajstić information content (AvgIpc) is 2.46. The third-order valence-corrected chi connectivity index (χ3v) is 2.76. The molecule has 0 atom stereocenters. The first kappa shape index (κ1) is 14.6. The van der Waals surface area contributed by atoms with Crippen LogP contribution in [-0.2, 0) is 11.3 Å². The zero-order valence-corrected chi connectivity index (χ0v) is 11.7. The molecule has 0 radical (unpaired) electrons. The Morgan fingerprint density at radius 1 is 1.38 bits per heavy atom. The van der Waals surface area contributed by atoms with Gasteiger partial charge in [0.2, 0.25) is 0 Å². The quantitative estimate of drug-likeness (QED) is 0.749. The minimum atomic E-state index is -0.526. The fraction of sp³-hybridized carbons (Fsp3) is 0.200. The molecule has 0 aliphatic heterocycles. The normalized spacial score (nSPS) is 10.1. The summed E-state index contributed by atoms with van der Waals surface area (Å²) < 4.78 is 5.22. The number of amides is 1. The average molecular weight is 287 g/mol. The molecule has 2 aromatic rings. The van der Waals surface area contributed by atoms with Crippen LogP contribution in [0.2, 0.25) is 0 Å². The van der Waals surface area contributed by atoms with Gasteiger partial charge in [0.1, 0.15) is 17.2 Å². The van der Waals surface area contributed by atoms with E-state index in [1.54, 1.807) is 30.3 Å². The molecule has 0 aliphatic carbocycles. The van der Waals surface area contributed by atoms with Crippen LogP contribution in [0.3, 0.4) is 0 Å². The molecule has 0 bridgehead atoms. The number of primary amides is 1. The van der Waals surface area contributed by atoms with Gasteiger partial charge in [0, 0.05) is 17.4 Å². The van der Waals surface area contributed by atoms with Crippen LogP contribution in [0, 0.1) is 6.92 Å². The molecule has 1 amide bonds. The number of aryl methyl sites for hydroxylation is 1. The number of aromatic nitrogens is 1. The van der Waals surface area contributed by atoms with Crippen LogP contribution in [0.25, 0.3) is 0 Å². The van der Waals surface area contributed by atoms with Crippen molar-refractivity contribution in [3.63, 3.8) is 0 Å². The second-order valence-electron chi connectivity index (χ2n) is 4.55. The summed E-state index contributed by atoms with van der Waals surface area (Å²) in [5.74, 6) is 0.164. The SMILES string of the molecule is Cc1ccc(O)c(CNc2cccc(OCC(N)=O)c2)n1. The molecular weight excluding hydrogens is 270 g/mol. The van der Waals surface area contributed by atoms with Crippen LogP contribution in [0.15, 0.2) is 36.4 Å². The van der Waals surface area contributed by atoms with E-state index < -0.39 is 5.91 Å². The van der Waals surface area contributed by atoms with Crippen LogP contribution >= 0.6 is 0 Å². The number of rotatable bonds is 6. The van der Waals surface area contributed by atoms with Crippen molar-refractivity contribution in [1.82, 2.24) is 4.98 Å². The fourth-order valence-corrected chi connectivity index (χ4v) is 1.77. The fourth-order valence-electron chi connectivity index (χ4n) is 1.77. The van der Waals surface area contributed by atoms with E-state index in [-0.39, 0.29) is 12.4 Å². The van der Waals surface area contributed by atoms with Crippen molar-refractivity contribution < 1.29 is 14.6 Å². The highest BCUT2D eigenvalue weighted by Gasteiger charge is 2.04. The van der Waals surface area contributed by atoms with Gasteiger partial charge >= 0.3 is 0 Å². The first-order valence-corrected chi connectivity index (χ1v) is 6.45. The highest BCUT2D eigenvalue weighted by Crippen LogP contribution is 2.20. The van der Waals surface area contributed by atoms with Crippen LogP contribution < -0.4 is 15.8 Å². The highest BCUT2D eigenvalue weighted by molar-refractivity contribution is 5.75. The van der Waals surface area contributed by atoms with Gasteiger partial charge in [-0.05, 0) is 31.2 Å². The summed E-state index contributed by atoms with van der Waals surface area (Å²) >= 11 is 0. The van der Waals surface area contributed by atoms with Crippen molar-refractivity contribution in [1.29, 1.82) is 0 Å². The molecule has 1 aromatic carbocycles. The van der Waals surface area contributed by atoms with E-state index in [9.17, 15) is 9.90 Å². The molecule has 4 N–H and O–H groups in total. The summed E-state index contributed by atoms with van der Waals surface area (Å²) in [6, 6.07) is 10.5. The Hall–Kier alpha value is -2.76. The second kappa shape index (κ2) is 6.60. The summed E-state index contributed by atoms with van der Waals surface area (Å²) in [5, 5.41) is 12.9. The van der Waals surface area contributed by atoms with Crippen molar-refractivity contribution >= 4 is 11.6 Å². The predicted molar refractivity (Wildman–Crippen MR) is 79.1 cm³/mol. The Labute approximate surface area is 122 Å². The smallest absolute Gasteiger partial charge is 0.255 e. The van der Waals surface area contributed by atoms with Gasteiger partial charge in [-0.3, -0.25) is 9.78 Å². The highest BCUT2D eigenvalue weighted by atomic mass is 16.5. The Morgan fingerprint density at radius 2 is 2.19 bits per heavy atom. The van der Waals surface area contributed by atoms with Crippen molar-refractivity contribution in [2.75, 3.05) is 11.9 Å². The molecule has 0 unspecified atom stereocenters. The maximum Gasteiger partial charge on any atom is 0.255 e. The standard InChI is InChI=1S/C15H17N3O3/c1-10-5-6-14(19)13(18-10)8-17-11-3-2-4-12(7-11)21-9-15(16)20/h2-7,17,19H,8-9H2,1H3,(H2,16,20). The Balaban J connectivity index is 2.01. The molecule has 6 heteroatoms. The first-order valence-electron chi connectivity index (χ1n) is 6.45. The van der Waals surface area contributed by atoms with Crippen molar-refractivity contribution in [3.05, 3.63) is 47.8 Å². The van der Waals surface area contributed by atoms with Gasteiger partial charge < -0.3 is 20.9 Å². The lowest BCUT2D eigenvalue weighted by Crippen LogP contribution is -2.20. The van der Waals surface area contributed by atoms with E-state index in [0.29, 0.717) is 18.0 Å². The Bertz CT molecular complexity index is 644. The summed E-state index contributed by atoms with van der Waals surface area (Å²) in [7, 11) is 0. The van der Waals surface area contributed by atoms with Crippen molar-refractivity contribution in [2.24, 2.45) is 5.73 Å². The van der Waals surface area contributed by atoms with Crippen molar-refractivity contribution in [2.45, 2.75) is 13.5 Å². The van der Waals surface area contributed by atoms with Crippen LogP contribution in [0.5, 0.6) is 11.5 Å². The van der Waals surface area contributed by atoms with E-state index >= 15 is 0 Å². The van der Waals surface area contributed by atoms with Gasteiger partial charge in [0.25, 0.3) is 5.91 Å². The summed E-state index contributed by atoms with van der Waals surface area (Å²) in [4.78, 5) is 14.9. The Kier molecular flexibility index (Phi) is 4.61. The minimum Gasteiger partial charge on any atom is -0.506 e. The molecule has 2 rings (SSSR count). The van der Waals surface area contributed by atoms with Gasteiger partial charge in [-0.1, -0.05) is 6.07 Å². The number of hydrogen-bond donors (Lipinski definition) is 3. The van der Waals surface area contributed by atoms with E-state index in [1.807, 2.05) is 13.0 Å². The minimum absolute atomic E-state index is 0.147. The van der Waals surface area contributed by atoms with E-state index in [1.165, 1.54) is 0 Å². The lowest BCUT2D eigenvalue weighted by molar-refractivity contribution is -0.119. The number of carbonyl (C=O) groups is 1. The number of carbonyl (C=O) groups excluding carboxylic acids is 1. The summed E-state index contributed by atoms with van der Waals surface area (Å²) in [6.07, 6.45) is 0. The van der Waals surface area contributed by atoms with E-state index in [2.05, 4.69) is 10.3 Å². The van der Waals surface area contributed by atoms with Gasteiger partial charge in [-0.25, -0.2) is 0 Å². The molecule has 110 valence electrons. The third kappa shape index (κ3) is 4.38. The lowest BCUT2D eigenvalue weighted by atomic mass is 10.2. The topological polar surface area (TPSA) is 97.5 Å². The zero-order chi connectivity index (χ0) is 15.2. The van der Waals surface area contributed by atoms with Gasteiger partial charge in [0.05, 0.1) is 6.54 Å². The maximum absolute atomic E-state index is 10.7. The largest absolute Gasteiger partial charge is 0.506 e. The van der Waals surface area contributed by atoms with Crippen LogP contribution in [-0.4, -0.2) is 22.6 Å². The molecule has 1 aromatic heterocycles. The summed E-state index contributed by atoms with van der Waals surface area (Å²) in [5.41, 5.74) is 7.22. The van der Waals surface area contributed by atoms with Gasteiger partial charge in [-0.15, -0.1) is 0 Å². The molecule has 0 saturated carbocycles. The molecule has 21 heavy (non-hydrogen) atoms. The lowest BCUT2D eigenvalue weighted by Gasteiger charge is -2.10. The zero-order valence-electron chi connectivity index (χ0n) is 11.7. The first-order chi connectivity index (χ1) is 10.0. The number of nitrogens with one attached hydrogen (secondary N) is 1. The number of hydrogen-bond acceptors (Lipinski definition) is 5. The molecular formula is C15H17N3O3. The van der Waals surface area contributed by atoms with Crippen LogP contribution in [0.4, 0.5) is 5.69 Å². The number of benzene rings is 1. The molecule has 0 fully saturated rings. The van der Waals surface area contributed by atoms with Gasteiger partial charge in [-0.2, -0.15) is 0 Å². The van der Waals surface area contributed by atoms with E-state index in [4.69, 9.17) is 10.5 Å². The monoisotopic (exact) mass is 287 g/mol. The number of anilines is 1.